The van der Waals surface area contributed by atoms with Crippen LogP contribution in [0, 0.1) is 6.07 Å². The predicted octanol–water partition coefficient (Wildman–Crippen LogP) is 2.02. The highest BCUT2D eigenvalue weighted by atomic mass is 32.2. The number of hydrogen-bond acceptors (Lipinski definition) is 4. The molecule has 0 aromatic heterocycles. The van der Waals surface area contributed by atoms with Gasteiger partial charge in [-0.2, -0.15) is 0 Å². The zero-order valence-corrected chi connectivity index (χ0v) is 11.6. The number of sulfone groups is 1. The summed E-state index contributed by atoms with van der Waals surface area (Å²) in [6.07, 6.45) is 1.22. The number of Topliss-reactive ketones (excluding diaryl/α,β-unsaturated/α-hetero) is 1. The molecule has 0 bridgehead atoms. The van der Waals surface area contributed by atoms with E-state index in [0.29, 0.717) is 5.56 Å². The molecule has 1 radical (unpaired) electrons. The van der Waals surface area contributed by atoms with Crippen LogP contribution in [0.2, 0.25) is 0 Å². The lowest BCUT2D eigenvalue weighted by Crippen LogP contribution is -2.04. The van der Waals surface area contributed by atoms with Gasteiger partial charge in [0.05, 0.1) is 10.5 Å². The molecule has 0 aliphatic rings. The first-order valence-corrected chi connectivity index (χ1v) is 7.78. The highest BCUT2D eigenvalue weighted by molar-refractivity contribution is 7.90. The number of benzene rings is 2. The number of carbonyl (C=O) groups excluding carboxylic acids is 1. The molecular weight excluding hydrogens is 276 g/mol. The Bertz CT molecular complexity index is 731. The van der Waals surface area contributed by atoms with Crippen molar-refractivity contribution in [3.63, 3.8) is 0 Å². The fourth-order valence-corrected chi connectivity index (χ4v) is 2.41. The van der Waals surface area contributed by atoms with Crippen molar-refractivity contribution in [2.75, 3.05) is 6.26 Å². The second-order valence-corrected chi connectivity index (χ2v) is 6.48. The number of aromatic hydroxyl groups is 1. The van der Waals surface area contributed by atoms with Crippen molar-refractivity contribution in [3.05, 3.63) is 59.7 Å². The summed E-state index contributed by atoms with van der Waals surface area (Å²) in [5.74, 6) is -0.326. The molecule has 2 aromatic carbocycles. The average Bonchev–Trinajstić information content (AvgIpc) is 2.38. The SMILES string of the molecule is CS(=O)(=O)c1ccc(CC(=O)c2c[c]ccc2O)cc1. The van der Waals surface area contributed by atoms with E-state index in [1.165, 1.54) is 30.3 Å². The molecule has 0 unspecified atom stereocenters. The van der Waals surface area contributed by atoms with Gasteiger partial charge >= 0.3 is 0 Å². The number of carbonyl (C=O) groups is 1. The summed E-state index contributed by atoms with van der Waals surface area (Å²) in [6.45, 7) is 0. The normalized spacial score (nSPS) is 11.2. The van der Waals surface area contributed by atoms with Gasteiger partial charge in [-0.25, -0.2) is 8.42 Å². The van der Waals surface area contributed by atoms with Crippen LogP contribution in [0.1, 0.15) is 15.9 Å². The van der Waals surface area contributed by atoms with Gasteiger partial charge in [0, 0.05) is 12.7 Å². The van der Waals surface area contributed by atoms with Crippen molar-refractivity contribution in [2.24, 2.45) is 0 Å². The second kappa shape index (κ2) is 5.46. The topological polar surface area (TPSA) is 71.4 Å². The first-order chi connectivity index (χ1) is 9.38. The Morgan fingerprint density at radius 3 is 2.40 bits per heavy atom. The predicted molar refractivity (Wildman–Crippen MR) is 74.5 cm³/mol. The van der Waals surface area contributed by atoms with E-state index >= 15 is 0 Å². The Morgan fingerprint density at radius 2 is 1.85 bits per heavy atom. The number of ketones is 1. The van der Waals surface area contributed by atoms with Gasteiger partial charge < -0.3 is 5.11 Å². The van der Waals surface area contributed by atoms with E-state index in [9.17, 15) is 18.3 Å². The van der Waals surface area contributed by atoms with Crippen molar-refractivity contribution in [2.45, 2.75) is 11.3 Å². The van der Waals surface area contributed by atoms with Crippen LogP contribution in [0.15, 0.2) is 47.4 Å². The minimum Gasteiger partial charge on any atom is -0.507 e. The van der Waals surface area contributed by atoms with Gasteiger partial charge in [0.1, 0.15) is 5.75 Å². The standard InChI is InChI=1S/C15H13O4S/c1-20(18,19)12-8-6-11(7-9-12)10-15(17)13-4-2-3-5-14(13)16/h3-9,16H,10H2,1H3. The van der Waals surface area contributed by atoms with Gasteiger partial charge in [0.25, 0.3) is 0 Å². The molecule has 0 saturated heterocycles. The molecule has 2 aromatic rings. The molecule has 0 spiro atoms. The summed E-state index contributed by atoms with van der Waals surface area (Å²) in [4.78, 5) is 12.2. The lowest BCUT2D eigenvalue weighted by molar-refractivity contribution is 0.0990. The molecule has 0 saturated carbocycles. The van der Waals surface area contributed by atoms with Crippen LogP contribution >= 0.6 is 0 Å². The van der Waals surface area contributed by atoms with Gasteiger partial charge in [-0.3, -0.25) is 4.79 Å². The van der Waals surface area contributed by atoms with E-state index in [1.54, 1.807) is 12.1 Å². The van der Waals surface area contributed by atoms with E-state index < -0.39 is 9.84 Å². The molecule has 5 heteroatoms. The van der Waals surface area contributed by atoms with Gasteiger partial charge in [0.2, 0.25) is 0 Å². The smallest absolute Gasteiger partial charge is 0.175 e. The molecule has 103 valence electrons. The number of hydrogen-bond donors (Lipinski definition) is 1. The molecule has 0 atom stereocenters. The van der Waals surface area contributed by atoms with E-state index in [1.807, 2.05) is 0 Å². The van der Waals surface area contributed by atoms with Crippen LogP contribution in [-0.2, 0) is 16.3 Å². The lowest BCUT2D eigenvalue weighted by atomic mass is 10.0. The molecule has 0 amide bonds. The lowest BCUT2D eigenvalue weighted by Gasteiger charge is -2.04. The van der Waals surface area contributed by atoms with Crippen molar-refractivity contribution < 1.29 is 18.3 Å². The highest BCUT2D eigenvalue weighted by Gasteiger charge is 2.12. The van der Waals surface area contributed by atoms with Crippen molar-refractivity contribution >= 4 is 15.6 Å². The van der Waals surface area contributed by atoms with Crippen molar-refractivity contribution in [3.8, 4) is 5.75 Å². The van der Waals surface area contributed by atoms with E-state index in [2.05, 4.69) is 6.07 Å². The first-order valence-electron chi connectivity index (χ1n) is 5.89. The summed E-state index contributed by atoms with van der Waals surface area (Å²) >= 11 is 0. The minimum atomic E-state index is -3.24. The monoisotopic (exact) mass is 289 g/mol. The van der Waals surface area contributed by atoms with Gasteiger partial charge in [0.15, 0.2) is 15.6 Å². The maximum absolute atomic E-state index is 12.0. The Labute approximate surface area is 117 Å². The van der Waals surface area contributed by atoms with Gasteiger partial charge in [-0.15, -0.1) is 0 Å². The zero-order valence-electron chi connectivity index (χ0n) is 10.8. The minimum absolute atomic E-state index is 0.0819. The van der Waals surface area contributed by atoms with E-state index in [4.69, 9.17) is 0 Å². The average molecular weight is 289 g/mol. The maximum Gasteiger partial charge on any atom is 0.175 e. The summed E-state index contributed by atoms with van der Waals surface area (Å²) in [5, 5.41) is 9.59. The van der Waals surface area contributed by atoms with Crippen LogP contribution in [0.3, 0.4) is 0 Å². The van der Waals surface area contributed by atoms with Crippen LogP contribution in [0.5, 0.6) is 5.75 Å². The van der Waals surface area contributed by atoms with Crippen LogP contribution < -0.4 is 0 Å². The van der Waals surface area contributed by atoms with Crippen LogP contribution in [-0.4, -0.2) is 25.6 Å². The molecule has 0 aliphatic heterocycles. The molecule has 20 heavy (non-hydrogen) atoms. The van der Waals surface area contributed by atoms with Crippen molar-refractivity contribution in [1.82, 2.24) is 0 Å². The third-order valence-corrected chi connectivity index (χ3v) is 3.99. The fraction of sp³-hybridized carbons (Fsp3) is 0.133. The molecule has 0 aliphatic carbocycles. The number of rotatable bonds is 4. The highest BCUT2D eigenvalue weighted by Crippen LogP contribution is 2.18. The summed E-state index contributed by atoms with van der Waals surface area (Å²) in [6, 6.07) is 13.2. The molecule has 2 rings (SSSR count). The Balaban J connectivity index is 2.19. The number of phenols is 1. The molecular formula is C15H13O4S. The Hall–Kier alpha value is -2.14. The van der Waals surface area contributed by atoms with Gasteiger partial charge in [-0.1, -0.05) is 18.2 Å². The van der Waals surface area contributed by atoms with Crippen molar-refractivity contribution in [1.29, 1.82) is 0 Å². The largest absolute Gasteiger partial charge is 0.507 e. The van der Waals surface area contributed by atoms with Crippen LogP contribution in [0.25, 0.3) is 0 Å². The Kier molecular flexibility index (Phi) is 3.90. The fourth-order valence-electron chi connectivity index (χ4n) is 1.78. The molecule has 4 nitrogen and oxygen atoms in total. The summed E-state index contributed by atoms with van der Waals surface area (Å²) in [7, 11) is -3.24. The molecule has 1 N–H and O–H groups in total. The third-order valence-electron chi connectivity index (χ3n) is 2.86. The summed E-state index contributed by atoms with van der Waals surface area (Å²) in [5.41, 5.74) is 0.894. The van der Waals surface area contributed by atoms with E-state index in [-0.39, 0.29) is 28.4 Å². The van der Waals surface area contributed by atoms with Gasteiger partial charge in [-0.05, 0) is 35.9 Å². The molecule has 0 fully saturated rings. The zero-order chi connectivity index (χ0) is 14.8. The van der Waals surface area contributed by atoms with E-state index in [0.717, 1.165) is 6.26 Å². The first kappa shape index (κ1) is 14.3. The summed E-state index contributed by atoms with van der Waals surface area (Å²) < 4.78 is 22.7. The van der Waals surface area contributed by atoms with Crippen LogP contribution in [0.4, 0.5) is 0 Å². The molecule has 0 heterocycles. The number of phenolic OH excluding ortho intramolecular Hbond substituents is 1. The second-order valence-electron chi connectivity index (χ2n) is 4.46. The maximum atomic E-state index is 12.0. The third kappa shape index (κ3) is 3.24. The Morgan fingerprint density at radius 1 is 1.20 bits per heavy atom. The quantitative estimate of drug-likeness (QED) is 0.874.